The van der Waals surface area contributed by atoms with Gasteiger partial charge in [0.05, 0.1) is 12.1 Å². The summed E-state index contributed by atoms with van der Waals surface area (Å²) in [6, 6.07) is 7.98. The largest absolute Gasteiger partial charge is 0.363 e. The average molecular weight is 256 g/mol. The molecule has 3 nitrogen and oxygen atoms in total. The molecule has 4 heteroatoms. The lowest BCUT2D eigenvalue weighted by Crippen LogP contribution is -2.09. The Morgan fingerprint density at radius 3 is 2.71 bits per heavy atom. The molecule has 1 atom stereocenters. The summed E-state index contributed by atoms with van der Waals surface area (Å²) in [5.74, 6) is 0. The Kier molecular flexibility index (Phi) is 2.84. The number of ether oxygens (including phenoxy) is 1. The van der Waals surface area contributed by atoms with Crippen molar-refractivity contribution in [3.63, 3.8) is 0 Å². The Balaban J connectivity index is 2.13. The smallest absolute Gasteiger partial charge is 0.232 e. The maximum absolute atomic E-state index is 5.05. The fraction of sp³-hybridized carbons (Fsp3) is 0.300. The van der Waals surface area contributed by atoms with Crippen molar-refractivity contribution in [2.24, 2.45) is 5.16 Å². The second-order valence-electron chi connectivity index (χ2n) is 3.02. The maximum Gasteiger partial charge on any atom is 0.232 e. The van der Waals surface area contributed by atoms with Crippen LogP contribution < -0.4 is 0 Å². The van der Waals surface area contributed by atoms with E-state index in [2.05, 4.69) is 21.1 Å². The molecule has 1 aromatic rings. The van der Waals surface area contributed by atoms with Crippen LogP contribution in [0.1, 0.15) is 12.0 Å². The molecule has 0 bridgehead atoms. The molecule has 0 saturated heterocycles. The normalized spacial score (nSPS) is 20.4. The molecule has 0 saturated carbocycles. The van der Waals surface area contributed by atoms with Gasteiger partial charge in [0, 0.05) is 11.6 Å². The van der Waals surface area contributed by atoms with E-state index in [4.69, 9.17) is 9.57 Å². The molecule has 14 heavy (non-hydrogen) atoms. The highest BCUT2D eigenvalue weighted by molar-refractivity contribution is 9.10. The van der Waals surface area contributed by atoms with Crippen LogP contribution in [0.15, 0.2) is 33.9 Å². The number of hydrogen-bond donors (Lipinski definition) is 0. The van der Waals surface area contributed by atoms with E-state index in [1.165, 1.54) is 0 Å². The van der Waals surface area contributed by atoms with E-state index in [-0.39, 0.29) is 6.29 Å². The molecule has 1 aromatic carbocycles. The Morgan fingerprint density at radius 1 is 1.43 bits per heavy atom. The summed E-state index contributed by atoms with van der Waals surface area (Å²) < 4.78 is 6.10. The molecule has 1 aliphatic rings. The molecule has 0 spiro atoms. The molecular weight excluding hydrogens is 246 g/mol. The summed E-state index contributed by atoms with van der Waals surface area (Å²) in [6.07, 6.45) is 0.478. The molecule has 0 unspecified atom stereocenters. The van der Waals surface area contributed by atoms with Crippen molar-refractivity contribution >= 4 is 21.6 Å². The average Bonchev–Trinajstić information content (AvgIpc) is 2.67. The summed E-state index contributed by atoms with van der Waals surface area (Å²) in [7, 11) is 1.62. The van der Waals surface area contributed by atoms with Gasteiger partial charge < -0.3 is 9.57 Å². The number of rotatable bonds is 2. The minimum atomic E-state index is -0.228. The lowest BCUT2D eigenvalue weighted by molar-refractivity contribution is -0.103. The molecule has 0 fully saturated rings. The minimum absolute atomic E-state index is 0.228. The molecule has 0 amide bonds. The maximum atomic E-state index is 5.05. The lowest BCUT2D eigenvalue weighted by atomic mass is 10.1. The number of nitrogens with zero attached hydrogens (tertiary/aromatic N) is 1. The zero-order valence-electron chi connectivity index (χ0n) is 7.74. The SMILES string of the molecule is CO[C@H]1CC(c2ccc(Br)cc2)=NO1. The summed E-state index contributed by atoms with van der Waals surface area (Å²) in [6.45, 7) is 0. The first-order valence-electron chi connectivity index (χ1n) is 4.31. The van der Waals surface area contributed by atoms with Crippen LogP contribution in [-0.4, -0.2) is 19.1 Å². The van der Waals surface area contributed by atoms with Gasteiger partial charge in [0.1, 0.15) is 0 Å². The first-order chi connectivity index (χ1) is 6.79. The minimum Gasteiger partial charge on any atom is -0.363 e. The predicted molar refractivity (Wildman–Crippen MR) is 57.2 cm³/mol. The molecule has 0 radical (unpaired) electrons. The van der Waals surface area contributed by atoms with Gasteiger partial charge in [0.2, 0.25) is 6.29 Å². The predicted octanol–water partition coefficient (Wildman–Crippen LogP) is 2.55. The van der Waals surface area contributed by atoms with Crippen molar-refractivity contribution in [1.29, 1.82) is 0 Å². The Bertz CT molecular complexity index is 348. The van der Waals surface area contributed by atoms with E-state index in [9.17, 15) is 0 Å². The third-order valence-electron chi connectivity index (χ3n) is 2.08. The molecule has 0 N–H and O–H groups in total. The Labute approximate surface area is 90.8 Å². The number of oxime groups is 1. The zero-order valence-corrected chi connectivity index (χ0v) is 9.32. The summed E-state index contributed by atoms with van der Waals surface area (Å²) in [5.41, 5.74) is 2.01. The highest BCUT2D eigenvalue weighted by Crippen LogP contribution is 2.18. The number of methoxy groups -OCH3 is 1. The third-order valence-corrected chi connectivity index (χ3v) is 2.61. The standard InChI is InChI=1S/C10H10BrNO2/c1-13-10-6-9(12-14-10)7-2-4-8(11)5-3-7/h2-5,10H,6H2,1H3/t10-/m1/s1. The molecule has 74 valence electrons. The van der Waals surface area contributed by atoms with E-state index in [0.717, 1.165) is 15.7 Å². The van der Waals surface area contributed by atoms with Crippen LogP contribution >= 0.6 is 15.9 Å². The Morgan fingerprint density at radius 2 is 2.14 bits per heavy atom. The Hall–Kier alpha value is -0.870. The highest BCUT2D eigenvalue weighted by Gasteiger charge is 2.20. The van der Waals surface area contributed by atoms with Crippen molar-refractivity contribution in [3.8, 4) is 0 Å². The topological polar surface area (TPSA) is 30.8 Å². The van der Waals surface area contributed by atoms with Crippen LogP contribution in [0.2, 0.25) is 0 Å². The van der Waals surface area contributed by atoms with Crippen molar-refractivity contribution < 1.29 is 9.57 Å². The van der Waals surface area contributed by atoms with E-state index in [1.54, 1.807) is 7.11 Å². The van der Waals surface area contributed by atoms with Crippen LogP contribution in [0, 0.1) is 0 Å². The fourth-order valence-corrected chi connectivity index (χ4v) is 1.56. The van der Waals surface area contributed by atoms with Gasteiger partial charge in [0.25, 0.3) is 0 Å². The summed E-state index contributed by atoms with van der Waals surface area (Å²) >= 11 is 3.38. The fourth-order valence-electron chi connectivity index (χ4n) is 1.29. The number of benzene rings is 1. The lowest BCUT2D eigenvalue weighted by Gasteiger charge is -2.03. The monoisotopic (exact) mass is 255 g/mol. The first kappa shape index (κ1) is 9.68. The van der Waals surface area contributed by atoms with Crippen LogP contribution in [-0.2, 0) is 9.57 Å². The number of hydrogen-bond acceptors (Lipinski definition) is 3. The molecular formula is C10H10BrNO2. The van der Waals surface area contributed by atoms with Crippen LogP contribution in [0.5, 0.6) is 0 Å². The van der Waals surface area contributed by atoms with Crippen LogP contribution in [0.25, 0.3) is 0 Å². The van der Waals surface area contributed by atoms with Crippen molar-refractivity contribution in [3.05, 3.63) is 34.3 Å². The van der Waals surface area contributed by atoms with Crippen LogP contribution in [0.3, 0.4) is 0 Å². The highest BCUT2D eigenvalue weighted by atomic mass is 79.9. The molecule has 0 aliphatic carbocycles. The van der Waals surface area contributed by atoms with Crippen molar-refractivity contribution in [2.45, 2.75) is 12.7 Å². The zero-order chi connectivity index (χ0) is 9.97. The van der Waals surface area contributed by atoms with Gasteiger partial charge in [-0.1, -0.05) is 33.2 Å². The van der Waals surface area contributed by atoms with E-state index < -0.39 is 0 Å². The summed E-state index contributed by atoms with van der Waals surface area (Å²) in [5, 5.41) is 3.96. The van der Waals surface area contributed by atoms with Crippen molar-refractivity contribution in [1.82, 2.24) is 0 Å². The molecule has 1 aliphatic heterocycles. The van der Waals surface area contributed by atoms with Gasteiger partial charge in [-0.2, -0.15) is 0 Å². The van der Waals surface area contributed by atoms with E-state index >= 15 is 0 Å². The van der Waals surface area contributed by atoms with E-state index in [0.29, 0.717) is 6.42 Å². The van der Waals surface area contributed by atoms with Gasteiger partial charge in [-0.15, -0.1) is 0 Å². The van der Waals surface area contributed by atoms with Crippen LogP contribution in [0.4, 0.5) is 0 Å². The van der Waals surface area contributed by atoms with Crippen molar-refractivity contribution in [2.75, 3.05) is 7.11 Å². The van der Waals surface area contributed by atoms with Gasteiger partial charge in [-0.25, -0.2) is 0 Å². The molecule has 0 aromatic heterocycles. The van der Waals surface area contributed by atoms with Gasteiger partial charge in [-0.3, -0.25) is 0 Å². The van der Waals surface area contributed by atoms with Gasteiger partial charge in [-0.05, 0) is 17.7 Å². The van der Waals surface area contributed by atoms with Gasteiger partial charge >= 0.3 is 0 Å². The second kappa shape index (κ2) is 4.11. The van der Waals surface area contributed by atoms with Gasteiger partial charge in [0.15, 0.2) is 0 Å². The van der Waals surface area contributed by atoms with E-state index in [1.807, 2.05) is 24.3 Å². The number of halogens is 1. The summed E-state index contributed by atoms with van der Waals surface area (Å²) in [4.78, 5) is 5.05. The second-order valence-corrected chi connectivity index (χ2v) is 3.94. The molecule has 2 rings (SSSR count). The third kappa shape index (κ3) is 1.96. The molecule has 1 heterocycles. The quantitative estimate of drug-likeness (QED) is 0.814. The first-order valence-corrected chi connectivity index (χ1v) is 5.10.